The molecule has 0 spiro atoms. The van der Waals surface area contributed by atoms with Crippen molar-refractivity contribution in [2.24, 2.45) is 0 Å². The second-order valence-electron chi connectivity index (χ2n) is 4.86. The number of carbonyl (C=O) groups excluding carboxylic acids is 1. The van der Waals surface area contributed by atoms with E-state index in [9.17, 15) is 4.79 Å². The van der Waals surface area contributed by atoms with Crippen molar-refractivity contribution in [3.8, 4) is 6.07 Å². The van der Waals surface area contributed by atoms with Gasteiger partial charge in [-0.3, -0.25) is 4.79 Å². The smallest absolute Gasteiger partial charge is 0.225 e. The van der Waals surface area contributed by atoms with Crippen molar-refractivity contribution in [2.75, 3.05) is 18.9 Å². The fourth-order valence-electron chi connectivity index (χ4n) is 1.96. The molecule has 1 aromatic heterocycles. The van der Waals surface area contributed by atoms with Gasteiger partial charge in [0, 0.05) is 30.8 Å². The molecule has 21 heavy (non-hydrogen) atoms. The number of benzene rings is 1. The number of hydrogen-bond acceptors (Lipinski definition) is 4. The van der Waals surface area contributed by atoms with Gasteiger partial charge in [0.25, 0.3) is 0 Å². The van der Waals surface area contributed by atoms with Gasteiger partial charge in [0.05, 0.1) is 24.2 Å². The lowest BCUT2D eigenvalue weighted by molar-refractivity contribution is -0.116. The van der Waals surface area contributed by atoms with Crippen LogP contribution in [-0.4, -0.2) is 24.4 Å². The maximum absolute atomic E-state index is 11.9. The Labute approximate surface area is 123 Å². The van der Waals surface area contributed by atoms with Crippen molar-refractivity contribution in [1.29, 1.82) is 5.26 Å². The van der Waals surface area contributed by atoms with E-state index < -0.39 is 0 Å². The molecule has 2 aromatic rings. The summed E-state index contributed by atoms with van der Waals surface area (Å²) in [6, 6.07) is 10.8. The van der Waals surface area contributed by atoms with E-state index in [0.29, 0.717) is 24.2 Å². The quantitative estimate of drug-likeness (QED) is 0.884. The van der Waals surface area contributed by atoms with E-state index in [1.165, 1.54) is 0 Å². The van der Waals surface area contributed by atoms with Crippen LogP contribution in [0, 0.1) is 11.3 Å². The first kappa shape index (κ1) is 14.8. The van der Waals surface area contributed by atoms with Crippen molar-refractivity contribution in [3.05, 3.63) is 54.0 Å². The first-order valence-corrected chi connectivity index (χ1v) is 6.67. The van der Waals surface area contributed by atoms with Gasteiger partial charge in [-0.15, -0.1) is 0 Å². The van der Waals surface area contributed by atoms with E-state index in [0.717, 1.165) is 12.1 Å². The Morgan fingerprint density at radius 3 is 3.00 bits per heavy atom. The highest BCUT2D eigenvalue weighted by Gasteiger charge is 2.06. The van der Waals surface area contributed by atoms with Crippen LogP contribution in [-0.2, 0) is 11.3 Å². The average Bonchev–Trinajstić information content (AvgIpc) is 2.98. The number of furan rings is 1. The molecule has 0 aliphatic carbocycles. The van der Waals surface area contributed by atoms with Crippen LogP contribution in [0.25, 0.3) is 0 Å². The predicted octanol–water partition coefficient (Wildman–Crippen LogP) is 2.61. The molecule has 5 heteroatoms. The van der Waals surface area contributed by atoms with Gasteiger partial charge in [-0.2, -0.15) is 5.26 Å². The Kier molecular flexibility index (Phi) is 5.13. The van der Waals surface area contributed by atoms with Gasteiger partial charge in [0.1, 0.15) is 0 Å². The molecular formula is C16H17N3O2. The van der Waals surface area contributed by atoms with E-state index >= 15 is 0 Å². The van der Waals surface area contributed by atoms with Crippen molar-refractivity contribution in [2.45, 2.75) is 13.0 Å². The summed E-state index contributed by atoms with van der Waals surface area (Å²) in [5.74, 6) is -0.0656. The normalized spacial score (nSPS) is 10.3. The standard InChI is InChI=1S/C16H17N3O2/c1-19(11-14-6-8-21-12-14)7-5-16(20)18-15-4-2-3-13(9-15)10-17/h2-4,6,8-9,12H,5,7,11H2,1H3,(H,18,20). The number of hydrogen-bond donors (Lipinski definition) is 1. The number of nitrogens with one attached hydrogen (secondary N) is 1. The van der Waals surface area contributed by atoms with E-state index in [1.54, 1.807) is 36.8 Å². The lowest BCUT2D eigenvalue weighted by atomic mass is 10.2. The molecule has 0 saturated heterocycles. The fraction of sp³-hybridized carbons (Fsp3) is 0.250. The molecule has 0 aliphatic heterocycles. The molecule has 0 bridgehead atoms. The second kappa shape index (κ2) is 7.27. The monoisotopic (exact) mass is 283 g/mol. The molecular weight excluding hydrogens is 266 g/mol. The molecule has 1 amide bonds. The van der Waals surface area contributed by atoms with E-state index in [2.05, 4.69) is 10.2 Å². The van der Waals surface area contributed by atoms with Gasteiger partial charge in [-0.25, -0.2) is 0 Å². The van der Waals surface area contributed by atoms with Crippen LogP contribution in [0.3, 0.4) is 0 Å². The van der Waals surface area contributed by atoms with Crippen LogP contribution in [0.4, 0.5) is 5.69 Å². The number of carbonyl (C=O) groups is 1. The Hall–Kier alpha value is -2.58. The minimum Gasteiger partial charge on any atom is -0.472 e. The van der Waals surface area contributed by atoms with Gasteiger partial charge in [-0.05, 0) is 31.3 Å². The van der Waals surface area contributed by atoms with Crippen LogP contribution in [0.5, 0.6) is 0 Å². The molecule has 0 unspecified atom stereocenters. The number of rotatable bonds is 6. The van der Waals surface area contributed by atoms with E-state index in [4.69, 9.17) is 9.68 Å². The van der Waals surface area contributed by atoms with Crippen LogP contribution in [0.1, 0.15) is 17.5 Å². The third kappa shape index (κ3) is 4.79. The van der Waals surface area contributed by atoms with Crippen molar-refractivity contribution < 1.29 is 9.21 Å². The summed E-state index contributed by atoms with van der Waals surface area (Å²) in [6.07, 6.45) is 3.73. The SMILES string of the molecule is CN(CCC(=O)Nc1cccc(C#N)c1)Cc1ccoc1. The average molecular weight is 283 g/mol. The maximum Gasteiger partial charge on any atom is 0.225 e. The van der Waals surface area contributed by atoms with Crippen LogP contribution >= 0.6 is 0 Å². The highest BCUT2D eigenvalue weighted by Crippen LogP contribution is 2.10. The lowest BCUT2D eigenvalue weighted by Crippen LogP contribution is -2.23. The molecule has 0 aliphatic rings. The van der Waals surface area contributed by atoms with Gasteiger partial charge in [0.15, 0.2) is 0 Å². The Morgan fingerprint density at radius 1 is 1.43 bits per heavy atom. The topological polar surface area (TPSA) is 69.3 Å². The fourth-order valence-corrected chi connectivity index (χ4v) is 1.96. The van der Waals surface area contributed by atoms with E-state index in [1.807, 2.05) is 19.2 Å². The minimum absolute atomic E-state index is 0.0656. The number of nitrogens with zero attached hydrogens (tertiary/aromatic N) is 2. The summed E-state index contributed by atoms with van der Waals surface area (Å²) in [5.41, 5.74) is 2.26. The zero-order valence-electron chi connectivity index (χ0n) is 11.9. The highest BCUT2D eigenvalue weighted by molar-refractivity contribution is 5.90. The van der Waals surface area contributed by atoms with Gasteiger partial charge in [0.2, 0.25) is 5.91 Å². The van der Waals surface area contributed by atoms with Crippen molar-refractivity contribution in [3.63, 3.8) is 0 Å². The molecule has 1 aromatic carbocycles. The Morgan fingerprint density at radius 2 is 2.29 bits per heavy atom. The van der Waals surface area contributed by atoms with Gasteiger partial charge < -0.3 is 14.6 Å². The molecule has 5 nitrogen and oxygen atoms in total. The molecule has 1 heterocycles. The molecule has 108 valence electrons. The summed E-state index contributed by atoms with van der Waals surface area (Å²) >= 11 is 0. The summed E-state index contributed by atoms with van der Waals surface area (Å²) in [7, 11) is 1.95. The molecule has 0 fully saturated rings. The van der Waals surface area contributed by atoms with Crippen LogP contribution in [0.2, 0.25) is 0 Å². The highest BCUT2D eigenvalue weighted by atomic mass is 16.3. The zero-order chi connectivity index (χ0) is 15.1. The van der Waals surface area contributed by atoms with Gasteiger partial charge >= 0.3 is 0 Å². The van der Waals surface area contributed by atoms with Crippen LogP contribution < -0.4 is 5.32 Å². The minimum atomic E-state index is -0.0656. The van der Waals surface area contributed by atoms with Crippen LogP contribution in [0.15, 0.2) is 47.3 Å². The maximum atomic E-state index is 11.9. The number of nitriles is 1. The molecule has 0 saturated carbocycles. The number of anilines is 1. The van der Waals surface area contributed by atoms with Crippen molar-refractivity contribution in [1.82, 2.24) is 4.90 Å². The molecule has 0 radical (unpaired) electrons. The first-order chi connectivity index (χ1) is 10.2. The largest absolute Gasteiger partial charge is 0.472 e. The van der Waals surface area contributed by atoms with Crippen molar-refractivity contribution >= 4 is 11.6 Å². The molecule has 0 atom stereocenters. The number of amides is 1. The molecule has 2 rings (SSSR count). The summed E-state index contributed by atoms with van der Waals surface area (Å²) in [6.45, 7) is 1.39. The summed E-state index contributed by atoms with van der Waals surface area (Å²) in [4.78, 5) is 13.9. The zero-order valence-corrected chi connectivity index (χ0v) is 11.9. The first-order valence-electron chi connectivity index (χ1n) is 6.67. The van der Waals surface area contributed by atoms with E-state index in [-0.39, 0.29) is 5.91 Å². The molecule has 1 N–H and O–H groups in total. The lowest BCUT2D eigenvalue weighted by Gasteiger charge is -2.15. The third-order valence-corrected chi connectivity index (χ3v) is 3.03. The summed E-state index contributed by atoms with van der Waals surface area (Å²) < 4.78 is 5.01. The van der Waals surface area contributed by atoms with Gasteiger partial charge in [-0.1, -0.05) is 6.07 Å². The third-order valence-electron chi connectivity index (χ3n) is 3.03. The predicted molar refractivity (Wildman–Crippen MR) is 79.4 cm³/mol. The Bertz CT molecular complexity index is 629. The Balaban J connectivity index is 1.78. The second-order valence-corrected chi connectivity index (χ2v) is 4.86. The summed E-state index contributed by atoms with van der Waals surface area (Å²) in [5, 5.41) is 11.6.